The Morgan fingerprint density at radius 1 is 1.55 bits per heavy atom. The van der Waals surface area contributed by atoms with Gasteiger partial charge in [0.2, 0.25) is 5.88 Å². The van der Waals surface area contributed by atoms with E-state index in [1.807, 2.05) is 12.1 Å². The molecule has 0 saturated heterocycles. The van der Waals surface area contributed by atoms with Crippen LogP contribution in [0.2, 0.25) is 0 Å². The van der Waals surface area contributed by atoms with Crippen molar-refractivity contribution in [3.05, 3.63) is 39.5 Å². The van der Waals surface area contributed by atoms with Gasteiger partial charge in [-0.05, 0) is 18.4 Å². The van der Waals surface area contributed by atoms with Crippen molar-refractivity contribution < 1.29 is 14.6 Å². The van der Waals surface area contributed by atoms with Gasteiger partial charge in [-0.3, -0.25) is 4.79 Å². The molecule has 0 radical (unpaired) electrons. The first-order valence-corrected chi connectivity index (χ1v) is 7.19. The lowest BCUT2D eigenvalue weighted by Crippen LogP contribution is -2.08. The zero-order valence-corrected chi connectivity index (χ0v) is 11.8. The standard InChI is InChI=1S/C14H14N2O3S/c1-19-11-5-2-8(7-15-11)6-12-16-13-9(14(17)18)3-4-10(13)20-12/h2,5,7,9H,3-4,6H2,1H3,(H,17,18). The highest BCUT2D eigenvalue weighted by atomic mass is 32.1. The number of nitrogens with zero attached hydrogens (tertiary/aromatic N) is 2. The van der Waals surface area contributed by atoms with E-state index in [0.29, 0.717) is 18.7 Å². The van der Waals surface area contributed by atoms with Gasteiger partial charge < -0.3 is 9.84 Å². The van der Waals surface area contributed by atoms with E-state index in [1.165, 1.54) is 0 Å². The van der Waals surface area contributed by atoms with Gasteiger partial charge in [0.25, 0.3) is 0 Å². The number of carboxylic acid groups (broad SMARTS) is 1. The van der Waals surface area contributed by atoms with Crippen molar-refractivity contribution in [2.75, 3.05) is 7.11 Å². The molecule has 1 aliphatic rings. The number of carboxylic acids is 1. The molecule has 1 atom stereocenters. The number of carbonyl (C=O) groups is 1. The van der Waals surface area contributed by atoms with Crippen LogP contribution in [0.4, 0.5) is 0 Å². The van der Waals surface area contributed by atoms with Gasteiger partial charge in [0, 0.05) is 23.6 Å². The molecule has 3 rings (SSSR count). The summed E-state index contributed by atoms with van der Waals surface area (Å²) in [5.74, 6) is -0.614. The summed E-state index contributed by atoms with van der Waals surface area (Å²) in [6.07, 6.45) is 3.94. The van der Waals surface area contributed by atoms with E-state index < -0.39 is 11.9 Å². The number of aliphatic carboxylic acids is 1. The second-order valence-corrected chi connectivity index (χ2v) is 5.90. The van der Waals surface area contributed by atoms with Crippen LogP contribution in [0.5, 0.6) is 5.88 Å². The van der Waals surface area contributed by atoms with Crippen LogP contribution in [-0.2, 0) is 17.6 Å². The molecule has 0 saturated carbocycles. The maximum absolute atomic E-state index is 11.1. The maximum Gasteiger partial charge on any atom is 0.312 e. The first kappa shape index (κ1) is 13.1. The summed E-state index contributed by atoms with van der Waals surface area (Å²) in [6.45, 7) is 0. The Balaban J connectivity index is 1.79. The second-order valence-electron chi connectivity index (χ2n) is 4.73. The minimum absolute atomic E-state index is 0.427. The van der Waals surface area contributed by atoms with Crippen LogP contribution >= 0.6 is 11.3 Å². The van der Waals surface area contributed by atoms with E-state index >= 15 is 0 Å². The minimum Gasteiger partial charge on any atom is -0.481 e. The van der Waals surface area contributed by atoms with Gasteiger partial charge in [-0.2, -0.15) is 0 Å². The highest BCUT2D eigenvalue weighted by Crippen LogP contribution is 2.37. The minimum atomic E-state index is -0.772. The van der Waals surface area contributed by atoms with Crippen molar-refractivity contribution in [1.82, 2.24) is 9.97 Å². The van der Waals surface area contributed by atoms with Crippen molar-refractivity contribution in [2.45, 2.75) is 25.2 Å². The van der Waals surface area contributed by atoms with Crippen LogP contribution in [0, 0.1) is 0 Å². The van der Waals surface area contributed by atoms with Crippen molar-refractivity contribution in [1.29, 1.82) is 0 Å². The van der Waals surface area contributed by atoms with Crippen LogP contribution < -0.4 is 4.74 Å². The molecular formula is C14H14N2O3S. The molecule has 0 aliphatic heterocycles. The summed E-state index contributed by atoms with van der Waals surface area (Å²) in [5, 5.41) is 10.1. The summed E-state index contributed by atoms with van der Waals surface area (Å²) in [6, 6.07) is 3.77. The van der Waals surface area contributed by atoms with E-state index in [9.17, 15) is 4.79 Å². The molecule has 2 heterocycles. The summed E-state index contributed by atoms with van der Waals surface area (Å²) in [4.78, 5) is 20.9. The average Bonchev–Trinajstić information content (AvgIpc) is 2.98. The molecule has 2 aromatic rings. The van der Waals surface area contributed by atoms with E-state index in [2.05, 4.69) is 9.97 Å². The fourth-order valence-electron chi connectivity index (χ4n) is 2.40. The summed E-state index contributed by atoms with van der Waals surface area (Å²) in [5.41, 5.74) is 1.81. The van der Waals surface area contributed by atoms with Gasteiger partial charge in [0.15, 0.2) is 0 Å². The Bertz CT molecular complexity index is 636. The monoisotopic (exact) mass is 290 g/mol. The lowest BCUT2D eigenvalue weighted by atomic mass is 10.1. The zero-order valence-electron chi connectivity index (χ0n) is 11.0. The Morgan fingerprint density at radius 3 is 3.05 bits per heavy atom. The molecule has 0 fully saturated rings. The third kappa shape index (κ3) is 2.38. The van der Waals surface area contributed by atoms with Crippen LogP contribution in [0.25, 0.3) is 0 Å². The topological polar surface area (TPSA) is 72.3 Å². The van der Waals surface area contributed by atoms with Crippen molar-refractivity contribution in [3.63, 3.8) is 0 Å². The fourth-order valence-corrected chi connectivity index (χ4v) is 3.58. The maximum atomic E-state index is 11.1. The molecule has 5 nitrogen and oxygen atoms in total. The quantitative estimate of drug-likeness (QED) is 0.935. The SMILES string of the molecule is COc1ccc(Cc2nc3c(s2)CCC3C(=O)O)cn1. The van der Waals surface area contributed by atoms with Crippen LogP contribution in [0.15, 0.2) is 18.3 Å². The predicted molar refractivity (Wildman–Crippen MR) is 74.4 cm³/mol. The van der Waals surface area contributed by atoms with E-state index in [4.69, 9.17) is 9.84 Å². The van der Waals surface area contributed by atoms with Crippen molar-refractivity contribution in [2.24, 2.45) is 0 Å². The number of methoxy groups -OCH3 is 1. The normalized spacial score (nSPS) is 16.9. The Hall–Kier alpha value is -1.95. The van der Waals surface area contributed by atoms with E-state index in [0.717, 1.165) is 27.6 Å². The zero-order chi connectivity index (χ0) is 14.1. The van der Waals surface area contributed by atoms with E-state index in [1.54, 1.807) is 24.6 Å². The first-order chi connectivity index (χ1) is 9.67. The molecule has 0 amide bonds. The van der Waals surface area contributed by atoms with Gasteiger partial charge in [-0.1, -0.05) is 6.07 Å². The molecule has 0 spiro atoms. The van der Waals surface area contributed by atoms with Gasteiger partial charge in [-0.15, -0.1) is 11.3 Å². The molecule has 20 heavy (non-hydrogen) atoms. The summed E-state index contributed by atoms with van der Waals surface area (Å²) in [7, 11) is 1.58. The van der Waals surface area contributed by atoms with E-state index in [-0.39, 0.29) is 0 Å². The molecular weight excluding hydrogens is 276 g/mol. The number of aromatic nitrogens is 2. The number of pyridine rings is 1. The van der Waals surface area contributed by atoms with Crippen molar-refractivity contribution in [3.8, 4) is 5.88 Å². The summed E-state index contributed by atoms with van der Waals surface area (Å²) < 4.78 is 5.02. The van der Waals surface area contributed by atoms with Crippen LogP contribution in [-0.4, -0.2) is 28.2 Å². The third-order valence-corrected chi connectivity index (χ3v) is 4.55. The van der Waals surface area contributed by atoms with Gasteiger partial charge in [-0.25, -0.2) is 9.97 Å². The molecule has 2 aromatic heterocycles. The molecule has 0 bridgehead atoms. The summed E-state index contributed by atoms with van der Waals surface area (Å²) >= 11 is 1.61. The lowest BCUT2D eigenvalue weighted by molar-refractivity contribution is -0.138. The third-order valence-electron chi connectivity index (χ3n) is 3.42. The molecule has 6 heteroatoms. The van der Waals surface area contributed by atoms with Gasteiger partial charge in [0.05, 0.1) is 17.8 Å². The highest BCUT2D eigenvalue weighted by molar-refractivity contribution is 7.11. The number of aryl methyl sites for hydroxylation is 1. The fraction of sp³-hybridized carbons (Fsp3) is 0.357. The molecule has 1 N–H and O–H groups in total. The first-order valence-electron chi connectivity index (χ1n) is 6.37. The van der Waals surface area contributed by atoms with Crippen LogP contribution in [0.1, 0.15) is 33.5 Å². The Labute approximate surface area is 120 Å². The number of hydrogen-bond acceptors (Lipinski definition) is 5. The number of rotatable bonds is 4. The molecule has 104 valence electrons. The largest absolute Gasteiger partial charge is 0.481 e. The number of fused-ring (bicyclic) bond motifs is 1. The molecule has 1 aliphatic carbocycles. The van der Waals surface area contributed by atoms with Gasteiger partial charge >= 0.3 is 5.97 Å². The number of hydrogen-bond donors (Lipinski definition) is 1. The number of thiazole rings is 1. The molecule has 0 aromatic carbocycles. The van der Waals surface area contributed by atoms with Crippen LogP contribution in [0.3, 0.4) is 0 Å². The smallest absolute Gasteiger partial charge is 0.312 e. The number of ether oxygens (including phenoxy) is 1. The Kier molecular flexibility index (Phi) is 3.40. The average molecular weight is 290 g/mol. The van der Waals surface area contributed by atoms with Gasteiger partial charge in [0.1, 0.15) is 5.92 Å². The molecule has 1 unspecified atom stereocenters. The second kappa shape index (κ2) is 5.20. The Morgan fingerprint density at radius 2 is 2.40 bits per heavy atom. The lowest BCUT2D eigenvalue weighted by Gasteiger charge is -2.02. The highest BCUT2D eigenvalue weighted by Gasteiger charge is 2.32. The predicted octanol–water partition coefficient (Wildman–Crippen LogP) is 2.25. The van der Waals surface area contributed by atoms with Crippen molar-refractivity contribution >= 4 is 17.3 Å².